The molecule has 10 heteroatoms. The molecular formula is C22H18N2O7S. The fourth-order valence-corrected chi connectivity index (χ4v) is 4.28. The highest BCUT2D eigenvalue weighted by Crippen LogP contribution is 2.36. The van der Waals surface area contributed by atoms with E-state index in [0.717, 1.165) is 22.2 Å². The summed E-state index contributed by atoms with van der Waals surface area (Å²) < 4.78 is 21.5. The summed E-state index contributed by atoms with van der Waals surface area (Å²) in [4.78, 5) is 38.9. The van der Waals surface area contributed by atoms with E-state index in [0.29, 0.717) is 46.7 Å². The molecule has 1 N–H and O–H groups in total. The summed E-state index contributed by atoms with van der Waals surface area (Å²) in [6, 6.07) is 10.2. The molecule has 2 aromatic carbocycles. The van der Waals surface area contributed by atoms with E-state index in [-0.39, 0.29) is 31.0 Å². The minimum absolute atomic E-state index is 0.0689. The van der Waals surface area contributed by atoms with Gasteiger partial charge in [0.2, 0.25) is 6.79 Å². The average Bonchev–Trinajstić information content (AvgIpc) is 3.38. The van der Waals surface area contributed by atoms with Crippen molar-refractivity contribution in [1.29, 1.82) is 0 Å². The van der Waals surface area contributed by atoms with E-state index in [9.17, 15) is 14.4 Å². The minimum atomic E-state index is -0.397. The second-order valence-corrected chi connectivity index (χ2v) is 8.05. The van der Waals surface area contributed by atoms with Crippen molar-refractivity contribution in [3.05, 3.63) is 52.4 Å². The van der Waals surface area contributed by atoms with Crippen molar-refractivity contribution in [3.8, 4) is 23.0 Å². The molecule has 0 aliphatic carbocycles. The van der Waals surface area contributed by atoms with Gasteiger partial charge in [0.05, 0.1) is 4.91 Å². The molecule has 0 spiro atoms. The summed E-state index contributed by atoms with van der Waals surface area (Å²) in [6.07, 6.45) is 1.64. The monoisotopic (exact) mass is 454 g/mol. The van der Waals surface area contributed by atoms with Gasteiger partial charge in [0.25, 0.3) is 17.1 Å². The number of rotatable bonds is 5. The summed E-state index contributed by atoms with van der Waals surface area (Å²) in [5.41, 5.74) is 1.14. The van der Waals surface area contributed by atoms with Crippen LogP contribution in [0.5, 0.6) is 23.0 Å². The van der Waals surface area contributed by atoms with E-state index < -0.39 is 5.91 Å². The van der Waals surface area contributed by atoms with Gasteiger partial charge in [0.15, 0.2) is 23.0 Å². The third-order valence-electron chi connectivity index (χ3n) is 4.99. The second-order valence-electron chi connectivity index (χ2n) is 7.06. The Labute approximate surface area is 187 Å². The Hall–Kier alpha value is -3.66. The molecule has 5 rings (SSSR count). The molecule has 0 saturated carbocycles. The quantitative estimate of drug-likeness (QED) is 0.688. The van der Waals surface area contributed by atoms with E-state index in [1.807, 2.05) is 0 Å². The normalized spacial score (nSPS) is 17.8. The molecule has 0 aromatic heterocycles. The van der Waals surface area contributed by atoms with Crippen LogP contribution in [0.3, 0.4) is 0 Å². The average molecular weight is 454 g/mol. The molecule has 0 unspecified atom stereocenters. The molecule has 1 fully saturated rings. The van der Waals surface area contributed by atoms with Crippen LogP contribution in [0, 0.1) is 0 Å². The number of thioether (sulfide) groups is 1. The number of hydrogen-bond donors (Lipinski definition) is 1. The lowest BCUT2D eigenvalue weighted by atomic mass is 10.2. The molecule has 0 atom stereocenters. The van der Waals surface area contributed by atoms with Gasteiger partial charge in [-0.25, -0.2) is 0 Å². The maximum Gasteiger partial charge on any atom is 0.293 e. The Morgan fingerprint density at radius 1 is 0.969 bits per heavy atom. The van der Waals surface area contributed by atoms with Gasteiger partial charge >= 0.3 is 0 Å². The van der Waals surface area contributed by atoms with Crippen LogP contribution in [0.15, 0.2) is 41.3 Å². The molecule has 2 aromatic rings. The van der Waals surface area contributed by atoms with Gasteiger partial charge in [0.1, 0.15) is 13.2 Å². The molecule has 3 amide bonds. The van der Waals surface area contributed by atoms with Crippen molar-refractivity contribution in [2.75, 3.05) is 33.1 Å². The number of carbonyl (C=O) groups is 3. The van der Waals surface area contributed by atoms with Crippen LogP contribution in [0.1, 0.15) is 15.9 Å². The molecule has 9 nitrogen and oxygen atoms in total. The number of benzene rings is 2. The van der Waals surface area contributed by atoms with Gasteiger partial charge in [-0.2, -0.15) is 0 Å². The Balaban J connectivity index is 1.19. The lowest BCUT2D eigenvalue weighted by Crippen LogP contribution is -2.37. The van der Waals surface area contributed by atoms with Crippen LogP contribution in [-0.4, -0.2) is 55.0 Å². The molecule has 3 aliphatic heterocycles. The first kappa shape index (κ1) is 20.3. The Bertz CT molecular complexity index is 1150. The van der Waals surface area contributed by atoms with Gasteiger partial charge in [0, 0.05) is 18.7 Å². The Morgan fingerprint density at radius 2 is 1.69 bits per heavy atom. The molecule has 0 radical (unpaired) electrons. The number of nitrogens with zero attached hydrogens (tertiary/aromatic N) is 1. The molecule has 3 aliphatic rings. The smallest absolute Gasteiger partial charge is 0.293 e. The summed E-state index contributed by atoms with van der Waals surface area (Å²) in [5, 5.41) is 2.35. The van der Waals surface area contributed by atoms with Gasteiger partial charge in [-0.1, -0.05) is 6.07 Å². The van der Waals surface area contributed by atoms with Crippen molar-refractivity contribution in [2.45, 2.75) is 0 Å². The Morgan fingerprint density at radius 3 is 2.56 bits per heavy atom. The number of nitrogens with one attached hydrogen (secondary N) is 1. The number of imide groups is 1. The summed E-state index contributed by atoms with van der Waals surface area (Å²) >= 11 is 0.864. The SMILES string of the molecule is O=C(NCCN1C(=O)S/C(=C\c2ccc3c(c2)OCO3)C1=O)c1ccc2c(c1)OCCO2. The number of fused-ring (bicyclic) bond motifs is 2. The Kier molecular flexibility index (Phi) is 5.36. The van der Waals surface area contributed by atoms with Gasteiger partial charge < -0.3 is 24.3 Å². The standard InChI is InChI=1S/C22H18N2O7S/c25-20(14-2-4-15-18(11-14)29-8-7-28-15)23-5-6-24-21(26)19(32-22(24)27)10-13-1-3-16-17(9-13)31-12-30-16/h1-4,9-11H,5-8,12H2,(H,23,25)/b19-10-. The first-order valence-corrected chi connectivity index (χ1v) is 10.7. The maximum atomic E-state index is 12.7. The second kappa shape index (κ2) is 8.46. The van der Waals surface area contributed by atoms with Crippen molar-refractivity contribution in [3.63, 3.8) is 0 Å². The van der Waals surface area contributed by atoms with Crippen LogP contribution in [0.2, 0.25) is 0 Å². The molecule has 0 bridgehead atoms. The van der Waals surface area contributed by atoms with Crippen LogP contribution >= 0.6 is 11.8 Å². The highest BCUT2D eigenvalue weighted by molar-refractivity contribution is 8.18. The largest absolute Gasteiger partial charge is 0.486 e. The topological polar surface area (TPSA) is 103 Å². The van der Waals surface area contributed by atoms with Crippen LogP contribution in [0.25, 0.3) is 6.08 Å². The third kappa shape index (κ3) is 3.96. The fourth-order valence-electron chi connectivity index (χ4n) is 3.41. The number of carbonyl (C=O) groups excluding carboxylic acids is 3. The van der Waals surface area contributed by atoms with Crippen LogP contribution < -0.4 is 24.3 Å². The lowest BCUT2D eigenvalue weighted by molar-refractivity contribution is -0.122. The van der Waals surface area contributed by atoms with E-state index in [4.69, 9.17) is 18.9 Å². The number of hydrogen-bond acceptors (Lipinski definition) is 8. The zero-order chi connectivity index (χ0) is 22.1. The van der Waals surface area contributed by atoms with Crippen molar-refractivity contribution < 1.29 is 33.3 Å². The van der Waals surface area contributed by atoms with E-state index in [2.05, 4.69) is 5.32 Å². The van der Waals surface area contributed by atoms with Crippen LogP contribution in [-0.2, 0) is 4.79 Å². The van der Waals surface area contributed by atoms with Gasteiger partial charge in [-0.05, 0) is 53.7 Å². The van der Waals surface area contributed by atoms with Gasteiger partial charge in [-0.15, -0.1) is 0 Å². The lowest BCUT2D eigenvalue weighted by Gasteiger charge is -2.19. The molecular weight excluding hydrogens is 436 g/mol. The predicted molar refractivity (Wildman–Crippen MR) is 115 cm³/mol. The zero-order valence-corrected chi connectivity index (χ0v) is 17.6. The van der Waals surface area contributed by atoms with Crippen molar-refractivity contribution >= 4 is 34.9 Å². The number of ether oxygens (including phenoxy) is 4. The van der Waals surface area contributed by atoms with Crippen LogP contribution in [0.4, 0.5) is 4.79 Å². The van der Waals surface area contributed by atoms with Gasteiger partial charge in [-0.3, -0.25) is 19.3 Å². The molecule has 3 heterocycles. The highest BCUT2D eigenvalue weighted by Gasteiger charge is 2.34. The summed E-state index contributed by atoms with van der Waals surface area (Å²) in [7, 11) is 0. The number of amides is 3. The first-order valence-electron chi connectivity index (χ1n) is 9.91. The minimum Gasteiger partial charge on any atom is -0.486 e. The zero-order valence-electron chi connectivity index (χ0n) is 16.8. The third-order valence-corrected chi connectivity index (χ3v) is 5.90. The first-order chi connectivity index (χ1) is 15.6. The van der Waals surface area contributed by atoms with Crippen molar-refractivity contribution in [2.24, 2.45) is 0 Å². The highest BCUT2D eigenvalue weighted by atomic mass is 32.2. The summed E-state index contributed by atoms with van der Waals surface area (Å²) in [5.74, 6) is 1.63. The molecule has 32 heavy (non-hydrogen) atoms. The van der Waals surface area contributed by atoms with E-state index in [1.165, 1.54) is 0 Å². The van der Waals surface area contributed by atoms with E-state index >= 15 is 0 Å². The van der Waals surface area contributed by atoms with Crippen molar-refractivity contribution in [1.82, 2.24) is 10.2 Å². The molecule has 1 saturated heterocycles. The molecule has 164 valence electrons. The van der Waals surface area contributed by atoms with E-state index in [1.54, 1.807) is 42.5 Å². The summed E-state index contributed by atoms with van der Waals surface area (Å²) in [6.45, 7) is 1.26. The predicted octanol–water partition coefficient (Wildman–Crippen LogP) is 2.65. The maximum absolute atomic E-state index is 12.7. The fraction of sp³-hybridized carbons (Fsp3) is 0.227.